The van der Waals surface area contributed by atoms with Crippen molar-refractivity contribution in [3.8, 4) is 28.7 Å². The lowest BCUT2D eigenvalue weighted by molar-refractivity contribution is -0.923. The number of fused-ring (bicyclic) bond motifs is 2. The van der Waals surface area contributed by atoms with Crippen molar-refractivity contribution in [3.05, 3.63) is 112 Å². The van der Waals surface area contributed by atoms with E-state index in [1.54, 1.807) is 38.5 Å². The van der Waals surface area contributed by atoms with Crippen LogP contribution in [0.25, 0.3) is 0 Å². The highest BCUT2D eigenvalue weighted by Gasteiger charge is 2.36. The molecule has 248 valence electrons. The normalized spacial score (nSPS) is 17.5. The van der Waals surface area contributed by atoms with Gasteiger partial charge in [0.1, 0.15) is 11.8 Å². The molecule has 2 unspecified atom stereocenters. The number of ether oxygens (including phenoxy) is 2. The first-order chi connectivity index (χ1) is 21.1. The van der Waals surface area contributed by atoms with Gasteiger partial charge in [-0.3, -0.25) is 0 Å². The lowest BCUT2D eigenvalue weighted by Gasteiger charge is -2.43. The molecule has 0 aliphatic carbocycles. The first-order valence-corrected chi connectivity index (χ1v) is 15.3. The summed E-state index contributed by atoms with van der Waals surface area (Å²) in [7, 11) is 7.93. The molecule has 8 heteroatoms. The van der Waals surface area contributed by atoms with E-state index in [1.165, 1.54) is 27.8 Å². The number of phenolic OH excluding ortho intramolecular Hbond substituents is 3. The Hall–Kier alpha value is -3.91. The summed E-state index contributed by atoms with van der Waals surface area (Å²) in [5.74, 6) is 1.82. The SMILES string of the molecule is C.COc1cc2c(cc1OC)C(Cc1ccc(O)cc1)[N+](C)(C)CC2.Cc1ccc(CC2NCCc3cc(O)c(O)cc32)cc1.[Cl-]. The number of hydrogen-bond acceptors (Lipinski definition) is 6. The molecule has 4 aromatic rings. The van der Waals surface area contributed by atoms with Crippen molar-refractivity contribution >= 4 is 0 Å². The van der Waals surface area contributed by atoms with Gasteiger partial charge in [-0.15, -0.1) is 0 Å². The van der Waals surface area contributed by atoms with E-state index in [2.05, 4.69) is 62.7 Å². The molecule has 46 heavy (non-hydrogen) atoms. The van der Waals surface area contributed by atoms with Gasteiger partial charge in [-0.1, -0.05) is 49.4 Å². The Labute approximate surface area is 280 Å². The van der Waals surface area contributed by atoms with Gasteiger partial charge in [0.25, 0.3) is 0 Å². The molecule has 2 atom stereocenters. The average Bonchev–Trinajstić information content (AvgIpc) is 3.01. The highest BCUT2D eigenvalue weighted by Crippen LogP contribution is 2.41. The minimum atomic E-state index is -0.0404. The van der Waals surface area contributed by atoms with E-state index in [-0.39, 0.29) is 37.4 Å². The van der Waals surface area contributed by atoms with Gasteiger partial charge in [-0.25, -0.2) is 0 Å². The summed E-state index contributed by atoms with van der Waals surface area (Å²) in [5.41, 5.74) is 8.64. The largest absolute Gasteiger partial charge is 1.00 e. The number of rotatable bonds is 6. The molecule has 0 bridgehead atoms. The summed E-state index contributed by atoms with van der Waals surface area (Å²) in [5, 5.41) is 32.3. The van der Waals surface area contributed by atoms with Crippen molar-refractivity contribution in [1.82, 2.24) is 5.32 Å². The molecule has 6 rings (SSSR count). The number of aromatic hydroxyl groups is 3. The second-order valence-corrected chi connectivity index (χ2v) is 12.5. The van der Waals surface area contributed by atoms with Crippen molar-refractivity contribution < 1.29 is 41.7 Å². The Morgan fingerprint density at radius 2 is 1.30 bits per heavy atom. The molecule has 0 aromatic heterocycles. The van der Waals surface area contributed by atoms with Crippen LogP contribution in [0.5, 0.6) is 28.7 Å². The quantitative estimate of drug-likeness (QED) is 0.188. The predicted molar refractivity (Wildman–Crippen MR) is 181 cm³/mol. The zero-order valence-electron chi connectivity index (χ0n) is 26.8. The first kappa shape index (κ1) is 36.6. The van der Waals surface area contributed by atoms with E-state index in [0.717, 1.165) is 65.9 Å². The van der Waals surface area contributed by atoms with Gasteiger partial charge in [0.2, 0.25) is 0 Å². The van der Waals surface area contributed by atoms with E-state index >= 15 is 0 Å². The van der Waals surface area contributed by atoms with Crippen LogP contribution < -0.4 is 27.2 Å². The predicted octanol–water partition coefficient (Wildman–Crippen LogP) is 3.80. The van der Waals surface area contributed by atoms with E-state index in [0.29, 0.717) is 11.8 Å². The lowest BCUT2D eigenvalue weighted by Crippen LogP contribution is -3.00. The fourth-order valence-corrected chi connectivity index (χ4v) is 6.43. The number of quaternary nitrogens is 1. The van der Waals surface area contributed by atoms with Crippen molar-refractivity contribution in [2.45, 2.75) is 52.1 Å². The molecule has 0 spiro atoms. The van der Waals surface area contributed by atoms with Crippen molar-refractivity contribution in [1.29, 1.82) is 0 Å². The van der Waals surface area contributed by atoms with E-state index < -0.39 is 0 Å². The molecule has 7 nitrogen and oxygen atoms in total. The van der Waals surface area contributed by atoms with Crippen molar-refractivity contribution in [3.63, 3.8) is 0 Å². The van der Waals surface area contributed by atoms with Gasteiger partial charge in [0, 0.05) is 24.4 Å². The van der Waals surface area contributed by atoms with Crippen LogP contribution in [0.3, 0.4) is 0 Å². The van der Waals surface area contributed by atoms with Gasteiger partial charge in [0.15, 0.2) is 23.0 Å². The third-order valence-electron chi connectivity index (χ3n) is 9.13. The number of phenols is 3. The molecular weight excluding hydrogens is 600 g/mol. The molecule has 0 fully saturated rings. The molecule has 0 saturated heterocycles. The van der Waals surface area contributed by atoms with Crippen LogP contribution in [-0.2, 0) is 25.7 Å². The average molecular weight is 649 g/mol. The first-order valence-electron chi connectivity index (χ1n) is 15.3. The van der Waals surface area contributed by atoms with E-state index in [4.69, 9.17) is 9.47 Å². The van der Waals surface area contributed by atoms with Crippen LogP contribution in [0.1, 0.15) is 58.5 Å². The summed E-state index contributed by atoms with van der Waals surface area (Å²) in [4.78, 5) is 0. The van der Waals surface area contributed by atoms with Gasteiger partial charge in [-0.2, -0.15) is 0 Å². The Bertz CT molecular complexity index is 1590. The molecule has 2 heterocycles. The summed E-state index contributed by atoms with van der Waals surface area (Å²) >= 11 is 0. The third kappa shape index (κ3) is 8.27. The van der Waals surface area contributed by atoms with Gasteiger partial charge in [-0.05, 0) is 90.5 Å². The molecular formula is C38H49ClN2O5. The highest BCUT2D eigenvalue weighted by molar-refractivity contribution is 5.50. The summed E-state index contributed by atoms with van der Waals surface area (Å²) in [6.45, 7) is 4.07. The Morgan fingerprint density at radius 3 is 1.96 bits per heavy atom. The van der Waals surface area contributed by atoms with Crippen molar-refractivity contribution in [2.75, 3.05) is 41.4 Å². The van der Waals surface area contributed by atoms with Gasteiger partial charge in [0.05, 0.1) is 34.9 Å². The van der Waals surface area contributed by atoms with Crippen molar-refractivity contribution in [2.24, 2.45) is 0 Å². The van der Waals surface area contributed by atoms with Crippen LogP contribution in [0.4, 0.5) is 0 Å². The third-order valence-corrected chi connectivity index (χ3v) is 9.13. The number of aryl methyl sites for hydroxylation is 1. The molecule has 4 aromatic carbocycles. The van der Waals surface area contributed by atoms with E-state index in [9.17, 15) is 15.3 Å². The summed E-state index contributed by atoms with van der Waals surface area (Å²) in [6.07, 6.45) is 3.73. The number of nitrogens with one attached hydrogen (secondary N) is 1. The zero-order chi connectivity index (χ0) is 31.4. The minimum absolute atomic E-state index is 0. The fraction of sp³-hybridized carbons (Fsp3) is 0.368. The smallest absolute Gasteiger partial charge is 0.161 e. The zero-order valence-corrected chi connectivity index (χ0v) is 27.6. The number of hydrogen-bond donors (Lipinski definition) is 4. The lowest BCUT2D eigenvalue weighted by atomic mass is 9.87. The second kappa shape index (κ2) is 15.6. The number of benzene rings is 4. The number of likely N-dealkylation sites (N-methyl/N-ethyl adjacent to an activating group) is 1. The van der Waals surface area contributed by atoms with Crippen LogP contribution >= 0.6 is 0 Å². The molecule has 2 aliphatic heterocycles. The summed E-state index contributed by atoms with van der Waals surface area (Å²) < 4.78 is 11.9. The minimum Gasteiger partial charge on any atom is -1.00 e. The standard InChI is InChI=1S/C20H25NO3.C17H19NO2.CH4.ClH/c1-21(2)10-9-15-12-19(23-3)20(24-4)13-17(15)18(21)11-14-5-7-16(22)8-6-14;1-11-2-4-12(5-3-11)8-15-14-10-17(20)16(19)9-13(14)6-7-18-15;;/h5-8,12-13,18H,9-11H2,1-4H3;2-5,9-10,15,18-20H,6-8H2,1H3;1H4;1H. The topological polar surface area (TPSA) is 91.2 Å². The molecule has 2 aliphatic rings. The summed E-state index contributed by atoms with van der Waals surface area (Å²) in [6, 6.07) is 24.2. The second-order valence-electron chi connectivity index (χ2n) is 12.5. The van der Waals surface area contributed by atoms with Crippen LogP contribution in [0.15, 0.2) is 72.8 Å². The molecule has 0 saturated carbocycles. The van der Waals surface area contributed by atoms with Gasteiger partial charge < -0.3 is 47.0 Å². The monoisotopic (exact) mass is 648 g/mol. The van der Waals surface area contributed by atoms with Crippen LogP contribution in [0, 0.1) is 6.92 Å². The maximum atomic E-state index is 9.72. The van der Waals surface area contributed by atoms with E-state index in [1.807, 2.05) is 12.1 Å². The van der Waals surface area contributed by atoms with Gasteiger partial charge >= 0.3 is 0 Å². The fourth-order valence-electron chi connectivity index (χ4n) is 6.43. The Balaban J connectivity index is 0.000000243. The molecule has 0 radical (unpaired) electrons. The maximum Gasteiger partial charge on any atom is 0.161 e. The van der Waals surface area contributed by atoms with Crippen LogP contribution in [-0.4, -0.2) is 61.2 Å². The Morgan fingerprint density at radius 1 is 0.739 bits per heavy atom. The Kier molecular flexibility index (Phi) is 12.4. The van der Waals surface area contributed by atoms with Crippen LogP contribution in [0.2, 0.25) is 0 Å². The maximum absolute atomic E-state index is 9.72. The molecule has 4 N–H and O–H groups in total. The number of halogens is 1. The molecule has 0 amide bonds. The highest BCUT2D eigenvalue weighted by atomic mass is 35.5. The number of nitrogens with zero attached hydrogens (tertiary/aromatic N) is 1. The number of methoxy groups -OCH3 is 2.